The van der Waals surface area contributed by atoms with E-state index in [0.717, 1.165) is 4.88 Å². The summed E-state index contributed by atoms with van der Waals surface area (Å²) in [7, 11) is 1.60. The molecule has 0 saturated carbocycles. The molecule has 0 aliphatic rings. The van der Waals surface area contributed by atoms with Crippen LogP contribution >= 0.6 is 11.3 Å². The number of carbonyl (C=O) groups excluding carboxylic acids is 1. The Kier molecular flexibility index (Phi) is 5.30. The number of nitrogens with zero attached hydrogens (tertiary/aromatic N) is 1. The number of benzene rings is 1. The van der Waals surface area contributed by atoms with E-state index in [1.165, 1.54) is 40.5 Å². The molecule has 1 aromatic heterocycles. The Morgan fingerprint density at radius 3 is 2.71 bits per heavy atom. The number of likely N-dealkylation sites (N-methyl/N-ethyl adjacent to an activating group) is 1. The number of rotatable bonds is 6. The quantitative estimate of drug-likeness (QED) is 0.892. The molecule has 2 rings (SSSR count). The third-order valence-electron chi connectivity index (χ3n) is 2.92. The fourth-order valence-electron chi connectivity index (χ4n) is 1.72. The number of halogens is 1. The Morgan fingerprint density at radius 2 is 2.10 bits per heavy atom. The second-order valence-electron chi connectivity index (χ2n) is 4.55. The zero-order valence-corrected chi connectivity index (χ0v) is 12.3. The van der Waals surface area contributed by atoms with E-state index in [0.29, 0.717) is 5.75 Å². The molecule has 1 atom stereocenters. The van der Waals surface area contributed by atoms with E-state index in [9.17, 15) is 14.3 Å². The highest BCUT2D eigenvalue weighted by Gasteiger charge is 2.16. The molecule has 0 aliphatic heterocycles. The van der Waals surface area contributed by atoms with Crippen LogP contribution in [0.2, 0.25) is 0 Å². The van der Waals surface area contributed by atoms with E-state index in [-0.39, 0.29) is 24.9 Å². The first-order chi connectivity index (χ1) is 10.1. The van der Waals surface area contributed by atoms with Gasteiger partial charge in [-0.05, 0) is 35.7 Å². The number of ether oxygens (including phenoxy) is 1. The third kappa shape index (κ3) is 4.54. The molecular formula is C15H16FNO3S. The van der Waals surface area contributed by atoms with Gasteiger partial charge in [0.15, 0.2) is 6.61 Å². The van der Waals surface area contributed by atoms with E-state index < -0.39 is 6.10 Å². The molecule has 1 amide bonds. The van der Waals surface area contributed by atoms with Crippen LogP contribution < -0.4 is 4.74 Å². The molecule has 0 saturated heterocycles. The van der Waals surface area contributed by atoms with E-state index >= 15 is 0 Å². The number of aliphatic hydroxyl groups is 1. The van der Waals surface area contributed by atoms with Gasteiger partial charge in [0.05, 0.1) is 6.54 Å². The van der Waals surface area contributed by atoms with E-state index in [1.54, 1.807) is 7.05 Å². The van der Waals surface area contributed by atoms with Crippen LogP contribution in [0.1, 0.15) is 11.0 Å². The molecule has 4 nitrogen and oxygen atoms in total. The molecule has 2 aromatic rings. The van der Waals surface area contributed by atoms with Crippen LogP contribution in [0.3, 0.4) is 0 Å². The number of amides is 1. The van der Waals surface area contributed by atoms with Gasteiger partial charge >= 0.3 is 0 Å². The SMILES string of the molecule is CN(CC(O)c1cccs1)C(=O)COc1ccc(F)cc1. The van der Waals surface area contributed by atoms with Crippen molar-refractivity contribution in [2.45, 2.75) is 6.10 Å². The number of thiophene rings is 1. The fourth-order valence-corrected chi connectivity index (χ4v) is 2.42. The topological polar surface area (TPSA) is 49.8 Å². The zero-order valence-electron chi connectivity index (χ0n) is 11.5. The maximum absolute atomic E-state index is 12.7. The molecule has 0 bridgehead atoms. The van der Waals surface area contributed by atoms with Gasteiger partial charge in [-0.25, -0.2) is 4.39 Å². The minimum atomic E-state index is -0.704. The summed E-state index contributed by atoms with van der Waals surface area (Å²) in [4.78, 5) is 14.1. The van der Waals surface area contributed by atoms with Gasteiger partial charge in [0, 0.05) is 11.9 Å². The summed E-state index contributed by atoms with van der Waals surface area (Å²) in [5.41, 5.74) is 0. The first kappa shape index (κ1) is 15.5. The Hall–Kier alpha value is -1.92. The molecule has 0 aliphatic carbocycles. The van der Waals surface area contributed by atoms with Crippen LogP contribution in [0.4, 0.5) is 4.39 Å². The lowest BCUT2D eigenvalue weighted by Gasteiger charge is -2.20. The number of carbonyl (C=O) groups is 1. The summed E-state index contributed by atoms with van der Waals surface area (Å²) in [6.07, 6.45) is -0.704. The summed E-state index contributed by atoms with van der Waals surface area (Å²) in [5, 5.41) is 11.9. The first-order valence-corrected chi connectivity index (χ1v) is 7.28. The third-order valence-corrected chi connectivity index (χ3v) is 3.89. The molecule has 1 N–H and O–H groups in total. The molecule has 0 radical (unpaired) electrons. The number of hydrogen-bond acceptors (Lipinski definition) is 4. The second kappa shape index (κ2) is 7.19. The van der Waals surface area contributed by atoms with Gasteiger partial charge in [-0.3, -0.25) is 4.79 Å². The zero-order chi connectivity index (χ0) is 15.2. The fraction of sp³-hybridized carbons (Fsp3) is 0.267. The standard InChI is InChI=1S/C15H16FNO3S/c1-17(9-13(18)14-3-2-8-21-14)15(19)10-20-12-6-4-11(16)5-7-12/h2-8,13,18H,9-10H2,1H3. The van der Waals surface area contributed by atoms with Gasteiger partial charge in [-0.2, -0.15) is 0 Å². The van der Waals surface area contributed by atoms with E-state index in [2.05, 4.69) is 0 Å². The van der Waals surface area contributed by atoms with E-state index in [1.807, 2.05) is 17.5 Å². The predicted octanol–water partition coefficient (Wildman–Crippen LogP) is 2.46. The maximum atomic E-state index is 12.7. The molecule has 6 heteroatoms. The lowest BCUT2D eigenvalue weighted by molar-refractivity contribution is -0.133. The van der Waals surface area contributed by atoms with E-state index in [4.69, 9.17) is 4.74 Å². The van der Waals surface area contributed by atoms with Gasteiger partial charge in [-0.1, -0.05) is 6.07 Å². The smallest absolute Gasteiger partial charge is 0.260 e. The molecular weight excluding hydrogens is 293 g/mol. The van der Waals surface area contributed by atoms with Crippen LogP contribution in [0.5, 0.6) is 5.75 Å². The Labute approximate surface area is 126 Å². The molecule has 1 heterocycles. The van der Waals surface area contributed by atoms with Gasteiger partial charge in [-0.15, -0.1) is 11.3 Å². The summed E-state index contributed by atoms with van der Waals surface area (Å²) < 4.78 is 18.0. The van der Waals surface area contributed by atoms with Crippen molar-refractivity contribution in [3.8, 4) is 5.75 Å². The summed E-state index contributed by atoms with van der Waals surface area (Å²) >= 11 is 1.44. The van der Waals surface area contributed by atoms with Gasteiger partial charge < -0.3 is 14.7 Å². The minimum absolute atomic E-state index is 0.153. The molecule has 1 aromatic carbocycles. The minimum Gasteiger partial charge on any atom is -0.484 e. The van der Waals surface area contributed by atoms with Crippen molar-refractivity contribution in [1.82, 2.24) is 4.90 Å². The van der Waals surface area contributed by atoms with Crippen molar-refractivity contribution in [1.29, 1.82) is 0 Å². The highest BCUT2D eigenvalue weighted by molar-refractivity contribution is 7.10. The summed E-state index contributed by atoms with van der Waals surface area (Å²) in [6.45, 7) is 0.0470. The van der Waals surface area contributed by atoms with Gasteiger partial charge in [0.1, 0.15) is 17.7 Å². The highest BCUT2D eigenvalue weighted by atomic mass is 32.1. The Balaban J connectivity index is 1.81. The largest absolute Gasteiger partial charge is 0.484 e. The monoisotopic (exact) mass is 309 g/mol. The molecule has 21 heavy (non-hydrogen) atoms. The first-order valence-electron chi connectivity index (χ1n) is 6.40. The van der Waals surface area contributed by atoms with Crippen molar-refractivity contribution in [2.75, 3.05) is 20.2 Å². The Morgan fingerprint density at radius 1 is 1.38 bits per heavy atom. The molecule has 0 spiro atoms. The highest BCUT2D eigenvalue weighted by Crippen LogP contribution is 2.19. The average molecular weight is 309 g/mol. The van der Waals surface area contributed by atoms with Gasteiger partial charge in [0.2, 0.25) is 0 Å². The van der Waals surface area contributed by atoms with Crippen LogP contribution in [-0.4, -0.2) is 36.1 Å². The van der Waals surface area contributed by atoms with Crippen LogP contribution in [0, 0.1) is 5.82 Å². The van der Waals surface area contributed by atoms with Crippen molar-refractivity contribution in [2.24, 2.45) is 0 Å². The van der Waals surface area contributed by atoms with Crippen molar-refractivity contribution in [3.63, 3.8) is 0 Å². The molecule has 0 fully saturated rings. The lowest BCUT2D eigenvalue weighted by atomic mass is 10.3. The van der Waals surface area contributed by atoms with Crippen molar-refractivity contribution < 1.29 is 19.0 Å². The lowest BCUT2D eigenvalue weighted by Crippen LogP contribution is -2.34. The maximum Gasteiger partial charge on any atom is 0.260 e. The van der Waals surface area contributed by atoms with Crippen molar-refractivity contribution in [3.05, 3.63) is 52.5 Å². The van der Waals surface area contributed by atoms with Crippen LogP contribution in [0.15, 0.2) is 41.8 Å². The second-order valence-corrected chi connectivity index (χ2v) is 5.53. The number of aliphatic hydroxyl groups excluding tert-OH is 1. The molecule has 112 valence electrons. The van der Waals surface area contributed by atoms with Crippen molar-refractivity contribution >= 4 is 17.2 Å². The van der Waals surface area contributed by atoms with Gasteiger partial charge in [0.25, 0.3) is 5.91 Å². The summed E-state index contributed by atoms with van der Waals surface area (Å²) in [6, 6.07) is 9.13. The summed E-state index contributed by atoms with van der Waals surface area (Å²) in [5.74, 6) is -0.184. The normalized spacial score (nSPS) is 12.0. The average Bonchev–Trinajstić information content (AvgIpc) is 3.00. The number of hydrogen-bond donors (Lipinski definition) is 1. The molecule has 1 unspecified atom stereocenters. The Bertz CT molecular complexity index is 571. The van der Waals surface area contributed by atoms with Crippen LogP contribution in [-0.2, 0) is 4.79 Å². The predicted molar refractivity (Wildman–Crippen MR) is 78.8 cm³/mol. The van der Waals surface area contributed by atoms with Crippen LogP contribution in [0.25, 0.3) is 0 Å².